The van der Waals surface area contributed by atoms with E-state index >= 15 is 0 Å². The molecule has 4 heteroatoms. The lowest BCUT2D eigenvalue weighted by molar-refractivity contribution is -0.0547. The number of aliphatic hydroxyl groups excluding tert-OH is 1. The second kappa shape index (κ2) is 24.7. The van der Waals surface area contributed by atoms with Gasteiger partial charge in [0.15, 0.2) is 0 Å². The van der Waals surface area contributed by atoms with E-state index in [2.05, 4.69) is 137 Å². The Kier molecular flexibility index (Phi) is 19.6. The summed E-state index contributed by atoms with van der Waals surface area (Å²) in [6.45, 7) is 14.1. The molecule has 0 radical (unpaired) electrons. The molecular weight excluding hydrogens is 665 g/mol. The molecule has 54 heavy (non-hydrogen) atoms. The van der Waals surface area contributed by atoms with Crippen LogP contribution in [0.5, 0.6) is 5.75 Å². The van der Waals surface area contributed by atoms with Gasteiger partial charge in [0.1, 0.15) is 18.5 Å². The van der Waals surface area contributed by atoms with Crippen molar-refractivity contribution in [3.8, 4) is 5.75 Å². The van der Waals surface area contributed by atoms with Crippen molar-refractivity contribution >= 4 is 0 Å². The van der Waals surface area contributed by atoms with Gasteiger partial charge < -0.3 is 19.3 Å². The molecule has 4 aromatic carbocycles. The van der Waals surface area contributed by atoms with Crippen molar-refractivity contribution in [1.82, 2.24) is 0 Å². The van der Waals surface area contributed by atoms with Crippen LogP contribution in [-0.4, -0.2) is 43.7 Å². The molecule has 4 rings (SSSR count). The predicted octanol–water partition coefficient (Wildman–Crippen LogP) is 12.8. The van der Waals surface area contributed by atoms with E-state index in [0.29, 0.717) is 13.2 Å². The number of hydrogen-bond acceptors (Lipinski definition) is 4. The Balaban J connectivity index is 1.62. The van der Waals surface area contributed by atoms with Gasteiger partial charge in [-0.3, -0.25) is 0 Å². The molecule has 0 spiro atoms. The standard InChI is InChI=1S/C50H68O4/c1-6-8-9-10-11-12-13-14-15-25-32-47(53-37-46(51)36-52-33-7-2)38-54-50-48(40(4)43-28-21-17-22-29-43)34-45(39(3)42-26-19-16-20-27-42)35-49(50)41(5)44-30-23-18-24-31-44/h7,16-24,26-31,34-35,39-41,46-47,51H,2,6,8-15,25,32-33,36-38H2,1,3-5H3. The van der Waals surface area contributed by atoms with Crippen molar-refractivity contribution in [2.24, 2.45) is 0 Å². The number of rotatable bonds is 27. The Morgan fingerprint density at radius 1 is 0.574 bits per heavy atom. The Morgan fingerprint density at radius 3 is 1.52 bits per heavy atom. The van der Waals surface area contributed by atoms with Crippen LogP contribution in [0.3, 0.4) is 0 Å². The predicted molar refractivity (Wildman–Crippen MR) is 227 cm³/mol. The summed E-state index contributed by atoms with van der Waals surface area (Å²) in [6.07, 6.45) is 14.6. The summed E-state index contributed by atoms with van der Waals surface area (Å²) in [5.41, 5.74) is 7.47. The van der Waals surface area contributed by atoms with Crippen LogP contribution >= 0.6 is 0 Å². The normalized spacial score (nSPS) is 14.2. The van der Waals surface area contributed by atoms with Crippen LogP contribution in [0.4, 0.5) is 0 Å². The Labute approximate surface area is 328 Å². The molecular formula is C50H68O4. The fraction of sp³-hybridized carbons (Fsp3) is 0.480. The quantitative estimate of drug-likeness (QED) is 0.0490. The molecule has 0 amide bonds. The topological polar surface area (TPSA) is 47.9 Å². The van der Waals surface area contributed by atoms with Crippen molar-refractivity contribution in [2.45, 2.75) is 128 Å². The van der Waals surface area contributed by atoms with Crippen molar-refractivity contribution in [3.63, 3.8) is 0 Å². The van der Waals surface area contributed by atoms with Crippen LogP contribution in [0.1, 0.15) is 149 Å². The molecule has 5 atom stereocenters. The average molecular weight is 733 g/mol. The maximum Gasteiger partial charge on any atom is 0.127 e. The molecule has 0 heterocycles. The van der Waals surface area contributed by atoms with Crippen LogP contribution < -0.4 is 4.74 Å². The first-order valence-electron chi connectivity index (χ1n) is 20.9. The maximum absolute atomic E-state index is 10.7. The van der Waals surface area contributed by atoms with Crippen LogP contribution in [0.15, 0.2) is 116 Å². The van der Waals surface area contributed by atoms with Gasteiger partial charge in [-0.05, 0) is 28.7 Å². The van der Waals surface area contributed by atoms with E-state index in [-0.39, 0.29) is 37.1 Å². The Morgan fingerprint density at radius 2 is 1.04 bits per heavy atom. The van der Waals surface area contributed by atoms with E-state index < -0.39 is 6.10 Å². The van der Waals surface area contributed by atoms with E-state index in [0.717, 1.165) is 18.6 Å². The zero-order valence-corrected chi connectivity index (χ0v) is 33.8. The number of benzene rings is 4. The number of hydrogen-bond donors (Lipinski definition) is 1. The number of ether oxygens (including phenoxy) is 3. The Bertz CT molecular complexity index is 1500. The maximum atomic E-state index is 10.7. The first-order chi connectivity index (χ1) is 26.4. The first-order valence-corrected chi connectivity index (χ1v) is 20.9. The summed E-state index contributed by atoms with van der Waals surface area (Å²) in [7, 11) is 0. The lowest BCUT2D eigenvalue weighted by Crippen LogP contribution is -2.29. The van der Waals surface area contributed by atoms with E-state index in [1.165, 1.54) is 91.2 Å². The van der Waals surface area contributed by atoms with Gasteiger partial charge in [0.25, 0.3) is 0 Å². The van der Waals surface area contributed by atoms with Crippen molar-refractivity contribution < 1.29 is 19.3 Å². The SMILES string of the molecule is C=CCOCC(O)COC(CCCCCCCCCCCC)COc1c(C(C)c2ccccc2)cc(C(C)c2ccccc2)cc1C(C)c1ccccc1. The molecule has 1 N–H and O–H groups in total. The minimum Gasteiger partial charge on any atom is -0.490 e. The molecule has 292 valence electrons. The third kappa shape index (κ3) is 14.2. The van der Waals surface area contributed by atoms with Crippen molar-refractivity contribution in [2.75, 3.05) is 26.4 Å². The molecule has 0 aliphatic heterocycles. The van der Waals surface area contributed by atoms with Crippen molar-refractivity contribution in [1.29, 1.82) is 0 Å². The van der Waals surface area contributed by atoms with Crippen LogP contribution in [0.25, 0.3) is 0 Å². The summed E-state index contributed by atoms with van der Waals surface area (Å²) in [6, 6.07) is 37.1. The van der Waals surface area contributed by atoms with Gasteiger partial charge in [0.2, 0.25) is 0 Å². The highest BCUT2D eigenvalue weighted by Gasteiger charge is 2.26. The largest absolute Gasteiger partial charge is 0.490 e. The van der Waals surface area contributed by atoms with Crippen LogP contribution in [0.2, 0.25) is 0 Å². The van der Waals surface area contributed by atoms with Gasteiger partial charge in [-0.2, -0.15) is 0 Å². The van der Waals surface area contributed by atoms with Gasteiger partial charge in [-0.1, -0.05) is 201 Å². The smallest absolute Gasteiger partial charge is 0.127 e. The lowest BCUT2D eigenvalue weighted by Gasteiger charge is -2.28. The molecule has 4 aromatic rings. The fourth-order valence-corrected chi connectivity index (χ4v) is 7.37. The molecule has 0 aliphatic carbocycles. The minimum absolute atomic E-state index is 0.107. The summed E-state index contributed by atoms with van der Waals surface area (Å²) in [5, 5.41) is 10.7. The van der Waals surface area contributed by atoms with E-state index in [1.807, 2.05) is 0 Å². The average Bonchev–Trinajstić information content (AvgIpc) is 3.22. The van der Waals surface area contributed by atoms with Gasteiger partial charge in [-0.15, -0.1) is 6.58 Å². The molecule has 4 nitrogen and oxygen atoms in total. The molecule has 0 aliphatic rings. The zero-order chi connectivity index (χ0) is 38.4. The Hall–Kier alpha value is -3.70. The highest BCUT2D eigenvalue weighted by atomic mass is 16.5. The minimum atomic E-state index is -0.707. The molecule has 0 bridgehead atoms. The van der Waals surface area contributed by atoms with Gasteiger partial charge in [0, 0.05) is 28.9 Å². The summed E-state index contributed by atoms with van der Waals surface area (Å²) < 4.78 is 19.1. The molecule has 5 unspecified atom stereocenters. The second-order valence-corrected chi connectivity index (χ2v) is 15.1. The monoisotopic (exact) mass is 733 g/mol. The third-order valence-electron chi connectivity index (χ3n) is 10.9. The molecule has 0 saturated heterocycles. The second-order valence-electron chi connectivity index (χ2n) is 15.1. The number of aliphatic hydroxyl groups is 1. The fourth-order valence-electron chi connectivity index (χ4n) is 7.37. The molecule has 0 aromatic heterocycles. The third-order valence-corrected chi connectivity index (χ3v) is 10.9. The summed E-state index contributed by atoms with van der Waals surface area (Å²) >= 11 is 0. The molecule has 0 fully saturated rings. The molecule has 0 saturated carbocycles. The van der Waals surface area contributed by atoms with Gasteiger partial charge >= 0.3 is 0 Å². The summed E-state index contributed by atoms with van der Waals surface area (Å²) in [4.78, 5) is 0. The van der Waals surface area contributed by atoms with Crippen LogP contribution in [-0.2, 0) is 9.47 Å². The lowest BCUT2D eigenvalue weighted by atomic mass is 9.81. The summed E-state index contributed by atoms with van der Waals surface area (Å²) in [5.74, 6) is 1.37. The van der Waals surface area contributed by atoms with Crippen LogP contribution in [0, 0.1) is 0 Å². The van der Waals surface area contributed by atoms with Crippen molar-refractivity contribution in [3.05, 3.63) is 149 Å². The van der Waals surface area contributed by atoms with E-state index in [1.54, 1.807) is 6.08 Å². The van der Waals surface area contributed by atoms with E-state index in [4.69, 9.17) is 14.2 Å². The van der Waals surface area contributed by atoms with Gasteiger partial charge in [-0.25, -0.2) is 0 Å². The van der Waals surface area contributed by atoms with Gasteiger partial charge in [0.05, 0.1) is 25.9 Å². The highest BCUT2D eigenvalue weighted by Crippen LogP contribution is 2.43. The highest BCUT2D eigenvalue weighted by molar-refractivity contribution is 5.54. The number of unbranched alkanes of at least 4 members (excludes halogenated alkanes) is 9. The van der Waals surface area contributed by atoms with E-state index in [9.17, 15) is 5.11 Å². The first kappa shape index (κ1) is 43.0. The zero-order valence-electron chi connectivity index (χ0n) is 33.8.